The average Bonchev–Trinajstić information content (AvgIpc) is 3.22. The minimum Gasteiger partial charge on any atom is -0.490 e. The number of rotatable bonds is 5. The van der Waals surface area contributed by atoms with E-state index in [2.05, 4.69) is 20.4 Å². The molecule has 2 heterocycles. The zero-order valence-electron chi connectivity index (χ0n) is 19.4. The van der Waals surface area contributed by atoms with Gasteiger partial charge in [0.25, 0.3) is 0 Å². The van der Waals surface area contributed by atoms with Crippen LogP contribution in [0.15, 0.2) is 29.7 Å². The molecule has 1 aromatic carbocycles. The summed E-state index contributed by atoms with van der Waals surface area (Å²) < 4.78 is 11.5. The van der Waals surface area contributed by atoms with Crippen LogP contribution in [0, 0.1) is 0 Å². The molecule has 1 saturated heterocycles. The first-order valence-electron chi connectivity index (χ1n) is 11.7. The number of anilines is 1. The maximum atomic E-state index is 11.3. The Morgan fingerprint density at radius 1 is 1.21 bits per heavy atom. The third kappa shape index (κ3) is 4.13. The van der Waals surface area contributed by atoms with E-state index in [0.29, 0.717) is 18.1 Å². The Kier molecular flexibility index (Phi) is 5.76. The number of nitrogen functional groups attached to an aromatic ring is 1. The number of carbonyl (C=O) groups is 1. The zero-order chi connectivity index (χ0) is 23.9. The number of fused-ring (bicyclic) bond motifs is 3. The number of nitrogens with two attached hydrogens (primary N) is 2. The maximum absolute atomic E-state index is 11.3. The van der Waals surface area contributed by atoms with Crippen LogP contribution in [0.1, 0.15) is 50.7 Å². The highest BCUT2D eigenvalue weighted by Gasteiger charge is 2.41. The summed E-state index contributed by atoms with van der Waals surface area (Å²) in [6.45, 7) is 4.56. The van der Waals surface area contributed by atoms with Gasteiger partial charge in [-0.05, 0) is 57.7 Å². The summed E-state index contributed by atoms with van der Waals surface area (Å²) in [6.07, 6.45) is 4.58. The molecule has 0 bridgehead atoms. The summed E-state index contributed by atoms with van der Waals surface area (Å²) in [6, 6.07) is 6.19. The second-order valence-electron chi connectivity index (χ2n) is 9.61. The van der Waals surface area contributed by atoms with Crippen LogP contribution < -0.4 is 21.5 Å². The van der Waals surface area contributed by atoms with Gasteiger partial charge in [-0.15, -0.1) is 0 Å². The van der Waals surface area contributed by atoms with Gasteiger partial charge in [-0.25, -0.2) is 14.8 Å². The summed E-state index contributed by atoms with van der Waals surface area (Å²) in [7, 11) is 0. The summed E-state index contributed by atoms with van der Waals surface area (Å²) in [5.41, 5.74) is 15.7. The average molecular weight is 467 g/mol. The standard InChI is InChI=1S/C24H30N6O4/c1-24(2)19-20(28-12-29-22(19)26)17-8-7-15(33-14-5-3-13(25)4-6-14)9-18(17)21(24)30-32-11-16-10-27-23(31)34-16/h7-9,12-14,16H,3-6,10-11,25H2,1-2H3,(H,27,31)(H2,26,28,29)/b30-21+/t13-,14-,16?. The molecule has 1 amide bonds. The van der Waals surface area contributed by atoms with Gasteiger partial charge >= 0.3 is 6.09 Å². The molecule has 1 aliphatic heterocycles. The molecule has 0 spiro atoms. The number of aromatic nitrogens is 2. The highest BCUT2D eigenvalue weighted by molar-refractivity contribution is 6.15. The van der Waals surface area contributed by atoms with Crippen molar-refractivity contribution in [3.8, 4) is 17.0 Å². The second-order valence-corrected chi connectivity index (χ2v) is 9.61. The lowest BCUT2D eigenvalue weighted by Gasteiger charge is -2.35. The summed E-state index contributed by atoms with van der Waals surface area (Å²) in [5, 5.41) is 7.13. The maximum Gasteiger partial charge on any atom is 0.407 e. The highest BCUT2D eigenvalue weighted by Crippen LogP contribution is 2.45. The van der Waals surface area contributed by atoms with Crippen molar-refractivity contribution in [3.63, 3.8) is 0 Å². The van der Waals surface area contributed by atoms with E-state index in [1.54, 1.807) is 0 Å². The lowest BCUT2D eigenvalue weighted by atomic mass is 9.70. The molecule has 5 rings (SSSR count). The van der Waals surface area contributed by atoms with Crippen molar-refractivity contribution >= 4 is 17.6 Å². The van der Waals surface area contributed by atoms with Gasteiger partial charge in [0.2, 0.25) is 0 Å². The molecule has 0 radical (unpaired) electrons. The molecular weight excluding hydrogens is 436 g/mol. The van der Waals surface area contributed by atoms with Crippen LogP contribution in [0.4, 0.5) is 10.6 Å². The van der Waals surface area contributed by atoms with Crippen LogP contribution in [0.3, 0.4) is 0 Å². The monoisotopic (exact) mass is 466 g/mol. The molecule has 180 valence electrons. The van der Waals surface area contributed by atoms with Crippen molar-refractivity contribution in [3.05, 3.63) is 35.7 Å². The minimum atomic E-state index is -0.630. The molecule has 34 heavy (non-hydrogen) atoms. The van der Waals surface area contributed by atoms with Crippen molar-refractivity contribution in [1.82, 2.24) is 15.3 Å². The number of nitrogens with one attached hydrogen (secondary N) is 1. The summed E-state index contributed by atoms with van der Waals surface area (Å²) in [5.74, 6) is 1.17. The van der Waals surface area contributed by atoms with E-state index in [1.165, 1.54) is 6.33 Å². The number of amides is 1. The van der Waals surface area contributed by atoms with Gasteiger partial charge in [-0.2, -0.15) is 0 Å². The zero-order valence-corrected chi connectivity index (χ0v) is 19.4. The summed E-state index contributed by atoms with van der Waals surface area (Å²) in [4.78, 5) is 25.8. The lowest BCUT2D eigenvalue weighted by molar-refractivity contribution is 0.0487. The van der Waals surface area contributed by atoms with Crippen LogP contribution in [-0.2, 0) is 15.0 Å². The molecule has 2 fully saturated rings. The van der Waals surface area contributed by atoms with E-state index in [-0.39, 0.29) is 18.8 Å². The van der Waals surface area contributed by atoms with Crippen LogP contribution in [0.5, 0.6) is 5.75 Å². The largest absolute Gasteiger partial charge is 0.490 e. The molecule has 1 aromatic heterocycles. The van der Waals surface area contributed by atoms with Crippen molar-refractivity contribution in [2.24, 2.45) is 10.9 Å². The van der Waals surface area contributed by atoms with Crippen LogP contribution >= 0.6 is 0 Å². The van der Waals surface area contributed by atoms with E-state index in [0.717, 1.165) is 53.8 Å². The van der Waals surface area contributed by atoms with Crippen LogP contribution in [0.25, 0.3) is 11.3 Å². The fourth-order valence-electron chi connectivity index (χ4n) is 4.95. The number of oxime groups is 1. The molecular formula is C24H30N6O4. The Balaban J connectivity index is 1.49. The molecule has 10 heteroatoms. The van der Waals surface area contributed by atoms with Gasteiger partial charge in [-0.3, -0.25) is 0 Å². The topological polar surface area (TPSA) is 147 Å². The van der Waals surface area contributed by atoms with E-state index < -0.39 is 17.6 Å². The number of hydrogen-bond acceptors (Lipinski definition) is 9. The summed E-state index contributed by atoms with van der Waals surface area (Å²) >= 11 is 0. The van der Waals surface area contributed by atoms with Gasteiger partial charge in [0, 0.05) is 28.1 Å². The van der Waals surface area contributed by atoms with Crippen molar-refractivity contribution in [2.45, 2.75) is 63.2 Å². The SMILES string of the molecule is CC1(C)/C(=N/OCC2CNC(=O)O2)c2cc(O[C@H]3CC[C@H](N)CC3)ccc2-c2ncnc(N)c21. The predicted molar refractivity (Wildman–Crippen MR) is 127 cm³/mol. The molecule has 2 aromatic rings. The van der Waals surface area contributed by atoms with Crippen LogP contribution in [-0.4, -0.2) is 53.2 Å². The Morgan fingerprint density at radius 3 is 2.74 bits per heavy atom. The van der Waals surface area contributed by atoms with E-state index in [9.17, 15) is 4.79 Å². The predicted octanol–water partition coefficient (Wildman–Crippen LogP) is 2.49. The molecule has 5 N–H and O–H groups in total. The Bertz CT molecular complexity index is 1130. The minimum absolute atomic E-state index is 0.139. The third-order valence-corrected chi connectivity index (χ3v) is 6.78. The van der Waals surface area contributed by atoms with Gasteiger partial charge in [0.05, 0.1) is 24.1 Å². The molecule has 1 atom stereocenters. The van der Waals surface area contributed by atoms with Crippen molar-refractivity contribution in [1.29, 1.82) is 0 Å². The van der Waals surface area contributed by atoms with E-state index >= 15 is 0 Å². The van der Waals surface area contributed by atoms with Gasteiger partial charge in [0.1, 0.15) is 17.9 Å². The number of ether oxygens (including phenoxy) is 2. The first-order valence-corrected chi connectivity index (χ1v) is 11.7. The van der Waals surface area contributed by atoms with Gasteiger partial charge in [0.15, 0.2) is 12.7 Å². The first-order chi connectivity index (χ1) is 16.3. The number of cyclic esters (lactones) is 1. The fraction of sp³-hybridized carbons (Fsp3) is 0.500. The smallest absolute Gasteiger partial charge is 0.407 e. The van der Waals surface area contributed by atoms with Gasteiger partial charge < -0.3 is 31.1 Å². The van der Waals surface area contributed by atoms with Crippen LogP contribution in [0.2, 0.25) is 0 Å². The van der Waals surface area contributed by atoms with Crippen molar-refractivity contribution < 1.29 is 19.1 Å². The number of benzene rings is 1. The third-order valence-electron chi connectivity index (χ3n) is 6.78. The number of carbonyl (C=O) groups excluding carboxylic acids is 1. The fourth-order valence-corrected chi connectivity index (χ4v) is 4.95. The number of alkyl carbamates (subject to hydrolysis) is 1. The molecule has 10 nitrogen and oxygen atoms in total. The normalized spacial score (nSPS) is 26.3. The van der Waals surface area contributed by atoms with Crippen molar-refractivity contribution in [2.75, 3.05) is 18.9 Å². The van der Waals surface area contributed by atoms with Gasteiger partial charge in [-0.1, -0.05) is 5.16 Å². The lowest BCUT2D eigenvalue weighted by Crippen LogP contribution is -2.36. The Morgan fingerprint density at radius 2 is 2.00 bits per heavy atom. The number of hydrogen-bond donors (Lipinski definition) is 3. The highest BCUT2D eigenvalue weighted by atomic mass is 16.7. The molecule has 1 unspecified atom stereocenters. The quantitative estimate of drug-likeness (QED) is 0.570. The molecule has 3 aliphatic rings. The second kappa shape index (κ2) is 8.75. The Labute approximate surface area is 198 Å². The Hall–Kier alpha value is -3.40. The number of nitrogens with zero attached hydrogens (tertiary/aromatic N) is 3. The molecule has 2 aliphatic carbocycles. The first kappa shape index (κ1) is 22.4. The van der Waals surface area contributed by atoms with E-state index in [1.807, 2.05) is 32.0 Å². The molecule has 1 saturated carbocycles. The van der Waals surface area contributed by atoms with E-state index in [4.69, 9.17) is 25.8 Å².